The van der Waals surface area contributed by atoms with Crippen LogP contribution >= 0.6 is 15.9 Å². The van der Waals surface area contributed by atoms with Crippen LogP contribution < -0.4 is 11.3 Å². The summed E-state index contributed by atoms with van der Waals surface area (Å²) < 4.78 is 25.4. The summed E-state index contributed by atoms with van der Waals surface area (Å²) in [5.41, 5.74) is 1.96. The van der Waals surface area contributed by atoms with Gasteiger partial charge in [-0.25, -0.2) is 8.78 Å². The van der Waals surface area contributed by atoms with E-state index in [1.807, 2.05) is 5.43 Å². The third kappa shape index (κ3) is 1.66. The van der Waals surface area contributed by atoms with E-state index < -0.39 is 11.6 Å². The maximum Gasteiger partial charge on any atom is 0.161 e. The number of halogens is 3. The van der Waals surface area contributed by atoms with Crippen LogP contribution in [0.4, 0.5) is 14.5 Å². The average Bonchev–Trinajstić information content (AvgIpc) is 1.96. The third-order valence-corrected chi connectivity index (χ3v) is 1.73. The lowest BCUT2D eigenvalue weighted by atomic mass is 10.3. The number of hydrogen-bond donors (Lipinski definition) is 2. The summed E-state index contributed by atoms with van der Waals surface area (Å²) in [6, 6.07) is 2.00. The minimum atomic E-state index is -0.603. The monoisotopic (exact) mass is 222 g/mol. The molecule has 0 saturated carbocycles. The van der Waals surface area contributed by atoms with Crippen molar-refractivity contribution in [2.45, 2.75) is 0 Å². The van der Waals surface area contributed by atoms with Crippen molar-refractivity contribution in [3.8, 4) is 0 Å². The van der Waals surface area contributed by atoms with Crippen LogP contribution in [0.25, 0.3) is 0 Å². The molecule has 60 valence electrons. The second-order valence-electron chi connectivity index (χ2n) is 1.89. The van der Waals surface area contributed by atoms with Crippen LogP contribution in [0.1, 0.15) is 0 Å². The molecule has 2 nitrogen and oxygen atoms in total. The number of anilines is 1. The molecule has 1 aromatic rings. The molecule has 5 heteroatoms. The van der Waals surface area contributed by atoms with Crippen molar-refractivity contribution < 1.29 is 8.78 Å². The Morgan fingerprint density at radius 1 is 1.36 bits per heavy atom. The van der Waals surface area contributed by atoms with Gasteiger partial charge in [0.15, 0.2) is 5.82 Å². The number of hydrogen-bond acceptors (Lipinski definition) is 2. The lowest BCUT2D eigenvalue weighted by molar-refractivity contribution is 0.597. The standard InChI is InChI=1S/C6H5BrF2N2/c7-4-1-3(8)2-5(11-10)6(4)9/h1-2,11H,10H2. The first kappa shape index (κ1) is 8.42. The molecule has 0 aromatic heterocycles. The zero-order chi connectivity index (χ0) is 8.43. The molecule has 0 unspecified atom stereocenters. The van der Waals surface area contributed by atoms with E-state index in [0.29, 0.717) is 0 Å². The first-order chi connectivity index (χ1) is 5.15. The highest BCUT2D eigenvalue weighted by Gasteiger charge is 2.06. The smallest absolute Gasteiger partial charge is 0.161 e. The molecule has 11 heavy (non-hydrogen) atoms. The predicted molar refractivity (Wildman–Crippen MR) is 41.9 cm³/mol. The minimum absolute atomic E-state index is 0.0467. The first-order valence-electron chi connectivity index (χ1n) is 2.76. The maximum atomic E-state index is 12.8. The Morgan fingerprint density at radius 2 is 2.00 bits per heavy atom. The lowest BCUT2D eigenvalue weighted by Gasteiger charge is -2.02. The summed E-state index contributed by atoms with van der Waals surface area (Å²) in [5, 5.41) is 0. The molecule has 0 fully saturated rings. The molecule has 0 radical (unpaired) electrons. The van der Waals surface area contributed by atoms with Gasteiger partial charge >= 0.3 is 0 Å². The molecule has 0 aliphatic carbocycles. The van der Waals surface area contributed by atoms with E-state index in [2.05, 4.69) is 15.9 Å². The molecule has 1 aromatic carbocycles. The highest BCUT2D eigenvalue weighted by atomic mass is 79.9. The molecule has 0 atom stereocenters. The van der Waals surface area contributed by atoms with Gasteiger partial charge < -0.3 is 5.43 Å². The van der Waals surface area contributed by atoms with Crippen LogP contribution in [-0.2, 0) is 0 Å². The highest BCUT2D eigenvalue weighted by molar-refractivity contribution is 9.10. The van der Waals surface area contributed by atoms with Crippen LogP contribution in [0.5, 0.6) is 0 Å². The summed E-state index contributed by atoms with van der Waals surface area (Å²) in [5.74, 6) is 3.76. The SMILES string of the molecule is NNc1cc(F)cc(Br)c1F. The van der Waals surface area contributed by atoms with E-state index in [4.69, 9.17) is 5.84 Å². The van der Waals surface area contributed by atoms with Crippen LogP contribution in [0.2, 0.25) is 0 Å². The molecule has 0 spiro atoms. The second-order valence-corrected chi connectivity index (χ2v) is 2.75. The molecule has 0 aliphatic heterocycles. The number of hydrazine groups is 1. The van der Waals surface area contributed by atoms with Gasteiger partial charge in [0.2, 0.25) is 0 Å². The Morgan fingerprint density at radius 3 is 2.55 bits per heavy atom. The fourth-order valence-electron chi connectivity index (χ4n) is 0.661. The number of benzene rings is 1. The zero-order valence-corrected chi connectivity index (χ0v) is 6.95. The Kier molecular flexibility index (Phi) is 2.41. The van der Waals surface area contributed by atoms with Gasteiger partial charge in [-0.3, -0.25) is 5.84 Å². The number of nitrogens with two attached hydrogens (primary N) is 1. The Hall–Kier alpha value is -0.680. The molecule has 1 rings (SSSR count). The molecular formula is C6H5BrF2N2. The number of nitrogens with one attached hydrogen (secondary N) is 1. The van der Waals surface area contributed by atoms with E-state index in [1.165, 1.54) is 0 Å². The van der Waals surface area contributed by atoms with Crippen LogP contribution in [0, 0.1) is 11.6 Å². The molecule has 0 heterocycles. The van der Waals surface area contributed by atoms with Crippen LogP contribution in [0.3, 0.4) is 0 Å². The quantitative estimate of drug-likeness (QED) is 0.434. The number of rotatable bonds is 1. The largest absolute Gasteiger partial charge is 0.321 e. The van der Waals surface area contributed by atoms with Gasteiger partial charge in [0, 0.05) is 6.07 Å². The van der Waals surface area contributed by atoms with Crippen molar-refractivity contribution in [3.63, 3.8) is 0 Å². The van der Waals surface area contributed by atoms with Crippen LogP contribution in [-0.4, -0.2) is 0 Å². The first-order valence-corrected chi connectivity index (χ1v) is 3.55. The van der Waals surface area contributed by atoms with Gasteiger partial charge in [-0.1, -0.05) is 0 Å². The summed E-state index contributed by atoms with van der Waals surface area (Å²) in [6.45, 7) is 0. The predicted octanol–water partition coefficient (Wildman–Crippen LogP) is 2.01. The number of nitrogen functional groups attached to an aromatic ring is 1. The zero-order valence-electron chi connectivity index (χ0n) is 5.37. The van der Waals surface area contributed by atoms with Gasteiger partial charge in [0.1, 0.15) is 5.82 Å². The summed E-state index contributed by atoms with van der Waals surface area (Å²) in [7, 11) is 0. The van der Waals surface area contributed by atoms with Gasteiger partial charge in [0.25, 0.3) is 0 Å². The summed E-state index contributed by atoms with van der Waals surface area (Å²) >= 11 is 2.83. The second kappa shape index (κ2) is 3.15. The minimum Gasteiger partial charge on any atom is -0.321 e. The summed E-state index contributed by atoms with van der Waals surface area (Å²) in [4.78, 5) is 0. The van der Waals surface area contributed by atoms with Crippen molar-refractivity contribution >= 4 is 21.6 Å². The molecule has 0 saturated heterocycles. The van der Waals surface area contributed by atoms with Gasteiger partial charge in [-0.05, 0) is 22.0 Å². The fourth-order valence-corrected chi connectivity index (χ4v) is 1.09. The Labute approximate surface area is 70.5 Å². The highest BCUT2D eigenvalue weighted by Crippen LogP contribution is 2.23. The Balaban J connectivity index is 3.24. The molecule has 3 N–H and O–H groups in total. The van der Waals surface area contributed by atoms with E-state index in [-0.39, 0.29) is 10.2 Å². The third-order valence-electron chi connectivity index (χ3n) is 1.15. The fraction of sp³-hybridized carbons (Fsp3) is 0. The topological polar surface area (TPSA) is 38.0 Å². The van der Waals surface area contributed by atoms with E-state index >= 15 is 0 Å². The van der Waals surface area contributed by atoms with Crippen molar-refractivity contribution in [1.82, 2.24) is 0 Å². The van der Waals surface area contributed by atoms with Crippen molar-refractivity contribution in [1.29, 1.82) is 0 Å². The van der Waals surface area contributed by atoms with Gasteiger partial charge in [-0.15, -0.1) is 0 Å². The maximum absolute atomic E-state index is 12.8. The molecule has 0 bridgehead atoms. The van der Waals surface area contributed by atoms with E-state index in [0.717, 1.165) is 12.1 Å². The lowest BCUT2D eigenvalue weighted by Crippen LogP contribution is -2.09. The van der Waals surface area contributed by atoms with Crippen molar-refractivity contribution in [3.05, 3.63) is 28.2 Å². The van der Waals surface area contributed by atoms with Gasteiger partial charge in [-0.2, -0.15) is 0 Å². The van der Waals surface area contributed by atoms with E-state index in [9.17, 15) is 8.78 Å². The Bertz CT molecular complexity index is 278. The molecule has 0 aliphatic rings. The molecular weight excluding hydrogens is 218 g/mol. The average molecular weight is 223 g/mol. The normalized spacial score (nSPS) is 9.82. The summed E-state index contributed by atoms with van der Waals surface area (Å²) in [6.07, 6.45) is 0. The van der Waals surface area contributed by atoms with Crippen LogP contribution in [0.15, 0.2) is 16.6 Å². The molecule has 0 amide bonds. The van der Waals surface area contributed by atoms with Crippen molar-refractivity contribution in [2.24, 2.45) is 5.84 Å². The van der Waals surface area contributed by atoms with Crippen molar-refractivity contribution in [2.75, 3.05) is 5.43 Å². The van der Waals surface area contributed by atoms with Gasteiger partial charge in [0.05, 0.1) is 10.2 Å². The van der Waals surface area contributed by atoms with E-state index in [1.54, 1.807) is 0 Å².